The molecule has 0 saturated carbocycles. The Balaban J connectivity index is 1.86. The Morgan fingerprint density at radius 2 is 2.33 bits per heavy atom. The number of imidazole rings is 1. The summed E-state index contributed by atoms with van der Waals surface area (Å²) in [6, 6.07) is 3.68. The SMILES string of the molecule is Nc1cccn2cc(CC3CCS(=O)(=O)C3)nc12. The molecule has 6 heteroatoms. The first kappa shape index (κ1) is 11.5. The van der Waals surface area contributed by atoms with Gasteiger partial charge in [0.05, 0.1) is 22.9 Å². The summed E-state index contributed by atoms with van der Waals surface area (Å²) in [4.78, 5) is 4.47. The van der Waals surface area contributed by atoms with Gasteiger partial charge in [-0.1, -0.05) is 0 Å². The zero-order valence-electron chi connectivity index (χ0n) is 9.91. The molecule has 1 unspecified atom stereocenters. The molecule has 0 aromatic carbocycles. The molecule has 3 heterocycles. The van der Waals surface area contributed by atoms with Crippen LogP contribution < -0.4 is 5.73 Å². The van der Waals surface area contributed by atoms with Gasteiger partial charge >= 0.3 is 0 Å². The summed E-state index contributed by atoms with van der Waals surface area (Å²) in [5.74, 6) is 0.796. The largest absolute Gasteiger partial charge is 0.396 e. The van der Waals surface area contributed by atoms with Crippen LogP contribution in [0.1, 0.15) is 12.1 Å². The van der Waals surface area contributed by atoms with Crippen LogP contribution in [-0.2, 0) is 16.3 Å². The first-order valence-corrected chi connectivity index (χ1v) is 7.78. The van der Waals surface area contributed by atoms with Crippen molar-refractivity contribution < 1.29 is 8.42 Å². The van der Waals surface area contributed by atoms with Crippen molar-refractivity contribution in [1.29, 1.82) is 0 Å². The highest BCUT2D eigenvalue weighted by atomic mass is 32.2. The lowest BCUT2D eigenvalue weighted by Gasteiger charge is -2.03. The Morgan fingerprint density at radius 1 is 1.50 bits per heavy atom. The number of fused-ring (bicyclic) bond motifs is 1. The number of nitrogen functional groups attached to an aromatic ring is 1. The third kappa shape index (κ3) is 2.08. The second-order valence-electron chi connectivity index (χ2n) is 4.90. The Morgan fingerprint density at radius 3 is 3.00 bits per heavy atom. The Labute approximate surface area is 106 Å². The van der Waals surface area contributed by atoms with Gasteiger partial charge in [0.25, 0.3) is 0 Å². The van der Waals surface area contributed by atoms with Gasteiger partial charge < -0.3 is 10.1 Å². The normalized spacial score (nSPS) is 22.6. The van der Waals surface area contributed by atoms with E-state index in [1.807, 2.05) is 28.9 Å². The van der Waals surface area contributed by atoms with Crippen LogP contribution in [0.5, 0.6) is 0 Å². The molecule has 18 heavy (non-hydrogen) atoms. The highest BCUT2D eigenvalue weighted by Crippen LogP contribution is 2.23. The first-order chi connectivity index (χ1) is 8.53. The Bertz CT molecular complexity index is 690. The van der Waals surface area contributed by atoms with Crippen molar-refractivity contribution in [1.82, 2.24) is 9.38 Å². The molecule has 1 atom stereocenters. The van der Waals surface area contributed by atoms with E-state index >= 15 is 0 Å². The van der Waals surface area contributed by atoms with Crippen LogP contribution in [0.15, 0.2) is 24.5 Å². The summed E-state index contributed by atoms with van der Waals surface area (Å²) in [7, 11) is -2.81. The maximum absolute atomic E-state index is 11.4. The van der Waals surface area contributed by atoms with Gasteiger partial charge in [0, 0.05) is 12.4 Å². The number of nitrogens with zero attached hydrogens (tertiary/aromatic N) is 2. The van der Waals surface area contributed by atoms with E-state index in [4.69, 9.17) is 5.73 Å². The predicted octanol–water partition coefficient (Wildman–Crippen LogP) is 0.894. The maximum atomic E-state index is 11.4. The van der Waals surface area contributed by atoms with Crippen molar-refractivity contribution in [2.75, 3.05) is 17.2 Å². The summed E-state index contributed by atoms with van der Waals surface area (Å²) < 4.78 is 24.7. The van der Waals surface area contributed by atoms with Crippen LogP contribution in [-0.4, -0.2) is 29.3 Å². The van der Waals surface area contributed by atoms with Crippen LogP contribution in [0.25, 0.3) is 5.65 Å². The molecule has 3 rings (SSSR count). The van der Waals surface area contributed by atoms with Crippen molar-refractivity contribution in [2.45, 2.75) is 12.8 Å². The van der Waals surface area contributed by atoms with Gasteiger partial charge in [0.1, 0.15) is 0 Å². The molecule has 1 fully saturated rings. The van der Waals surface area contributed by atoms with E-state index in [9.17, 15) is 8.42 Å². The second kappa shape index (κ2) is 3.98. The molecule has 5 nitrogen and oxygen atoms in total. The van der Waals surface area contributed by atoms with Crippen molar-refractivity contribution in [3.63, 3.8) is 0 Å². The quantitative estimate of drug-likeness (QED) is 0.875. The topological polar surface area (TPSA) is 77.5 Å². The molecule has 96 valence electrons. The number of hydrogen-bond donors (Lipinski definition) is 1. The van der Waals surface area contributed by atoms with Gasteiger partial charge in [-0.05, 0) is 30.9 Å². The van der Waals surface area contributed by atoms with E-state index in [1.54, 1.807) is 0 Å². The molecule has 2 N–H and O–H groups in total. The molecule has 0 aliphatic carbocycles. The van der Waals surface area contributed by atoms with Crippen molar-refractivity contribution in [3.05, 3.63) is 30.2 Å². The molecule has 0 bridgehead atoms. The summed E-state index contributed by atoms with van der Waals surface area (Å²) >= 11 is 0. The zero-order chi connectivity index (χ0) is 12.8. The summed E-state index contributed by atoms with van der Waals surface area (Å²) in [5.41, 5.74) is 8.14. The van der Waals surface area contributed by atoms with E-state index in [0.717, 1.165) is 17.8 Å². The smallest absolute Gasteiger partial charge is 0.160 e. The van der Waals surface area contributed by atoms with Crippen LogP contribution in [0.4, 0.5) is 5.69 Å². The van der Waals surface area contributed by atoms with Gasteiger partial charge in [0.2, 0.25) is 0 Å². The van der Waals surface area contributed by atoms with E-state index < -0.39 is 9.84 Å². The lowest BCUT2D eigenvalue weighted by Crippen LogP contribution is -2.07. The Hall–Kier alpha value is -1.56. The second-order valence-corrected chi connectivity index (χ2v) is 7.13. The number of anilines is 1. The lowest BCUT2D eigenvalue weighted by molar-refractivity contribution is 0.578. The number of hydrogen-bond acceptors (Lipinski definition) is 4. The summed E-state index contributed by atoms with van der Waals surface area (Å²) in [6.07, 6.45) is 5.27. The van der Waals surface area contributed by atoms with E-state index in [-0.39, 0.29) is 11.7 Å². The van der Waals surface area contributed by atoms with Crippen LogP contribution in [0, 0.1) is 5.92 Å². The minimum atomic E-state index is -2.81. The van der Waals surface area contributed by atoms with Gasteiger partial charge in [-0.3, -0.25) is 0 Å². The number of aromatic nitrogens is 2. The molecule has 0 spiro atoms. The molecular weight excluding hydrogens is 250 g/mol. The molecule has 1 saturated heterocycles. The summed E-state index contributed by atoms with van der Waals surface area (Å²) in [6.45, 7) is 0. The molecule has 2 aromatic heterocycles. The third-order valence-electron chi connectivity index (χ3n) is 3.39. The number of pyridine rings is 1. The van der Waals surface area contributed by atoms with Crippen LogP contribution in [0.3, 0.4) is 0 Å². The molecule has 0 radical (unpaired) electrons. The summed E-state index contributed by atoms with van der Waals surface area (Å²) in [5, 5.41) is 0. The first-order valence-electron chi connectivity index (χ1n) is 5.96. The lowest BCUT2D eigenvalue weighted by atomic mass is 10.0. The fourth-order valence-electron chi connectivity index (χ4n) is 2.51. The minimum absolute atomic E-state index is 0.195. The third-order valence-corrected chi connectivity index (χ3v) is 5.22. The molecule has 2 aromatic rings. The highest BCUT2D eigenvalue weighted by Gasteiger charge is 2.28. The fourth-order valence-corrected chi connectivity index (χ4v) is 4.37. The van der Waals surface area contributed by atoms with Crippen LogP contribution >= 0.6 is 0 Å². The number of rotatable bonds is 2. The number of sulfone groups is 1. The minimum Gasteiger partial charge on any atom is -0.396 e. The van der Waals surface area contributed by atoms with E-state index in [1.165, 1.54) is 0 Å². The van der Waals surface area contributed by atoms with Gasteiger partial charge in [-0.2, -0.15) is 0 Å². The fraction of sp³-hybridized carbons (Fsp3) is 0.417. The molecule has 1 aliphatic heterocycles. The Kier molecular flexibility index (Phi) is 2.55. The monoisotopic (exact) mass is 265 g/mol. The average Bonchev–Trinajstić information content (AvgIpc) is 2.83. The molecular formula is C12H15N3O2S. The van der Waals surface area contributed by atoms with Crippen LogP contribution in [0.2, 0.25) is 0 Å². The van der Waals surface area contributed by atoms with E-state index in [0.29, 0.717) is 17.9 Å². The van der Waals surface area contributed by atoms with Crippen molar-refractivity contribution >= 4 is 21.2 Å². The van der Waals surface area contributed by atoms with Crippen molar-refractivity contribution in [3.8, 4) is 0 Å². The number of nitrogens with two attached hydrogens (primary N) is 1. The molecule has 1 aliphatic rings. The van der Waals surface area contributed by atoms with Gasteiger partial charge in [0.15, 0.2) is 15.5 Å². The van der Waals surface area contributed by atoms with Gasteiger partial charge in [-0.15, -0.1) is 0 Å². The predicted molar refractivity (Wildman–Crippen MR) is 70.1 cm³/mol. The standard InChI is InChI=1S/C12H15N3O2S/c13-11-2-1-4-15-7-10(14-12(11)15)6-9-3-5-18(16,17)8-9/h1-2,4,7,9H,3,5-6,8,13H2. The van der Waals surface area contributed by atoms with Crippen molar-refractivity contribution in [2.24, 2.45) is 5.92 Å². The van der Waals surface area contributed by atoms with Gasteiger partial charge in [-0.25, -0.2) is 13.4 Å². The molecule has 0 amide bonds. The maximum Gasteiger partial charge on any atom is 0.160 e. The zero-order valence-corrected chi connectivity index (χ0v) is 10.7. The van der Waals surface area contributed by atoms with E-state index in [2.05, 4.69) is 4.98 Å². The highest BCUT2D eigenvalue weighted by molar-refractivity contribution is 7.91. The average molecular weight is 265 g/mol.